The summed E-state index contributed by atoms with van der Waals surface area (Å²) < 4.78 is 0. The van der Waals surface area contributed by atoms with Crippen LogP contribution < -0.4 is 5.32 Å². The summed E-state index contributed by atoms with van der Waals surface area (Å²) >= 11 is 0. The highest BCUT2D eigenvalue weighted by Crippen LogP contribution is 2.61. The second kappa shape index (κ2) is 4.17. The van der Waals surface area contributed by atoms with Gasteiger partial charge in [-0.3, -0.25) is 0 Å². The number of rotatable bonds is 4. The predicted molar refractivity (Wildman–Crippen MR) is 77.1 cm³/mol. The summed E-state index contributed by atoms with van der Waals surface area (Å²) in [5, 5.41) is 21.9. The molecule has 0 radical (unpaired) electrons. The third-order valence-electron chi connectivity index (χ3n) is 4.73. The van der Waals surface area contributed by atoms with Crippen molar-refractivity contribution in [2.24, 2.45) is 11.3 Å². The van der Waals surface area contributed by atoms with Crippen LogP contribution in [0.25, 0.3) is 10.9 Å². The van der Waals surface area contributed by atoms with Gasteiger partial charge in [-0.05, 0) is 43.1 Å². The molecule has 4 nitrogen and oxygen atoms in total. The Morgan fingerprint density at radius 2 is 2.05 bits per heavy atom. The van der Waals surface area contributed by atoms with E-state index in [1.54, 1.807) is 0 Å². The maximum atomic E-state index is 9.25. The highest BCUT2D eigenvalue weighted by Gasteiger charge is 2.53. The van der Waals surface area contributed by atoms with Gasteiger partial charge in [-0.1, -0.05) is 18.2 Å². The van der Waals surface area contributed by atoms with Gasteiger partial charge in [-0.25, -0.2) is 0 Å². The van der Waals surface area contributed by atoms with Crippen molar-refractivity contribution in [3.8, 4) is 6.07 Å². The van der Waals surface area contributed by atoms with Crippen molar-refractivity contribution in [3.05, 3.63) is 30.0 Å². The quantitative estimate of drug-likeness (QED) is 0.921. The number of nitrogens with one attached hydrogen (secondary N) is 1. The minimum Gasteiger partial charge on any atom is -0.382 e. The van der Waals surface area contributed by atoms with Crippen molar-refractivity contribution >= 4 is 16.6 Å². The highest BCUT2D eigenvalue weighted by atomic mass is 15.1. The Bertz CT molecular complexity index is 708. The number of benzene rings is 1. The molecule has 0 amide bonds. The predicted octanol–water partition coefficient (Wildman–Crippen LogP) is 3.10. The molecule has 2 saturated carbocycles. The van der Waals surface area contributed by atoms with E-state index >= 15 is 0 Å². The van der Waals surface area contributed by atoms with E-state index in [4.69, 9.17) is 0 Å². The average Bonchev–Trinajstić information content (AvgIpc) is 3.37. The number of nitriles is 1. The van der Waals surface area contributed by atoms with Gasteiger partial charge in [0.1, 0.15) is 6.07 Å². The van der Waals surface area contributed by atoms with Crippen LogP contribution >= 0.6 is 0 Å². The van der Waals surface area contributed by atoms with Crippen molar-refractivity contribution in [1.82, 2.24) is 10.2 Å². The topological polar surface area (TPSA) is 61.6 Å². The molecule has 0 bridgehead atoms. The molecular weight excluding hydrogens is 248 g/mol. The van der Waals surface area contributed by atoms with E-state index in [9.17, 15) is 5.26 Å². The zero-order valence-electron chi connectivity index (χ0n) is 11.3. The fraction of sp³-hybridized carbons (Fsp3) is 0.438. The van der Waals surface area contributed by atoms with Crippen molar-refractivity contribution < 1.29 is 0 Å². The minimum atomic E-state index is 0.398. The summed E-state index contributed by atoms with van der Waals surface area (Å²) in [6.07, 6.45) is 5.40. The van der Waals surface area contributed by atoms with Gasteiger partial charge in [0.05, 0.1) is 11.2 Å². The summed E-state index contributed by atoms with van der Waals surface area (Å²) in [5.41, 5.74) is 2.59. The lowest BCUT2D eigenvalue weighted by molar-refractivity contribution is 0.467. The SMILES string of the molecule is N#Cc1nnc2ccccc2c1NCC1(C2CC2)CC1. The normalized spacial score (nSPS) is 19.6. The molecule has 20 heavy (non-hydrogen) atoms. The maximum Gasteiger partial charge on any atom is 0.186 e. The number of hydrogen-bond donors (Lipinski definition) is 1. The van der Waals surface area contributed by atoms with Crippen molar-refractivity contribution in [3.63, 3.8) is 0 Å². The van der Waals surface area contributed by atoms with Gasteiger partial charge in [0.25, 0.3) is 0 Å². The maximum absolute atomic E-state index is 9.25. The van der Waals surface area contributed by atoms with Crippen LogP contribution in [-0.2, 0) is 0 Å². The van der Waals surface area contributed by atoms with Crippen LogP contribution in [0, 0.1) is 22.7 Å². The molecule has 4 rings (SSSR count). The molecule has 1 heterocycles. The third kappa shape index (κ3) is 1.82. The fourth-order valence-electron chi connectivity index (χ4n) is 3.16. The molecule has 0 spiro atoms. The molecule has 0 unspecified atom stereocenters. The molecule has 4 heteroatoms. The van der Waals surface area contributed by atoms with E-state index in [1.807, 2.05) is 24.3 Å². The van der Waals surface area contributed by atoms with E-state index < -0.39 is 0 Å². The Morgan fingerprint density at radius 1 is 1.25 bits per heavy atom. The molecular formula is C16H16N4. The van der Waals surface area contributed by atoms with Crippen LogP contribution in [0.4, 0.5) is 5.69 Å². The van der Waals surface area contributed by atoms with E-state index in [1.165, 1.54) is 25.7 Å². The Balaban J connectivity index is 1.69. The first-order chi connectivity index (χ1) is 9.82. The number of fused-ring (bicyclic) bond motifs is 1. The van der Waals surface area contributed by atoms with Crippen LogP contribution in [0.1, 0.15) is 31.4 Å². The molecule has 1 aromatic carbocycles. The lowest BCUT2D eigenvalue weighted by atomic mass is 10.0. The smallest absolute Gasteiger partial charge is 0.186 e. The van der Waals surface area contributed by atoms with E-state index in [0.29, 0.717) is 11.1 Å². The summed E-state index contributed by atoms with van der Waals surface area (Å²) in [6, 6.07) is 10.0. The summed E-state index contributed by atoms with van der Waals surface area (Å²) in [5.74, 6) is 0.904. The van der Waals surface area contributed by atoms with Crippen LogP contribution in [-0.4, -0.2) is 16.7 Å². The van der Waals surface area contributed by atoms with Crippen LogP contribution in [0.2, 0.25) is 0 Å². The molecule has 1 aromatic heterocycles. The average molecular weight is 264 g/mol. The van der Waals surface area contributed by atoms with Gasteiger partial charge in [0, 0.05) is 11.9 Å². The summed E-state index contributed by atoms with van der Waals surface area (Å²) in [4.78, 5) is 0. The molecule has 0 atom stereocenters. The molecule has 100 valence electrons. The Kier molecular flexibility index (Phi) is 2.43. The van der Waals surface area contributed by atoms with E-state index in [2.05, 4.69) is 21.6 Å². The largest absolute Gasteiger partial charge is 0.382 e. The monoisotopic (exact) mass is 264 g/mol. The molecule has 0 saturated heterocycles. The van der Waals surface area contributed by atoms with Crippen LogP contribution in [0.5, 0.6) is 0 Å². The Morgan fingerprint density at radius 3 is 2.75 bits per heavy atom. The first kappa shape index (κ1) is 11.7. The van der Waals surface area contributed by atoms with Crippen molar-refractivity contribution in [2.75, 3.05) is 11.9 Å². The van der Waals surface area contributed by atoms with E-state index in [-0.39, 0.29) is 0 Å². The molecule has 2 fully saturated rings. The first-order valence-electron chi connectivity index (χ1n) is 7.22. The zero-order chi connectivity index (χ0) is 13.6. The van der Waals surface area contributed by atoms with Gasteiger partial charge < -0.3 is 5.32 Å². The fourth-order valence-corrected chi connectivity index (χ4v) is 3.16. The van der Waals surface area contributed by atoms with E-state index in [0.717, 1.165) is 29.1 Å². The van der Waals surface area contributed by atoms with Gasteiger partial charge in [-0.15, -0.1) is 10.2 Å². The van der Waals surface area contributed by atoms with Crippen molar-refractivity contribution in [1.29, 1.82) is 5.26 Å². The molecule has 2 aliphatic rings. The number of nitrogens with zero attached hydrogens (tertiary/aromatic N) is 3. The Labute approximate surface area is 117 Å². The van der Waals surface area contributed by atoms with Gasteiger partial charge >= 0.3 is 0 Å². The van der Waals surface area contributed by atoms with Crippen molar-refractivity contribution in [2.45, 2.75) is 25.7 Å². The molecule has 0 aliphatic heterocycles. The number of anilines is 1. The second-order valence-corrected chi connectivity index (χ2v) is 6.04. The van der Waals surface area contributed by atoms with Crippen LogP contribution in [0.15, 0.2) is 24.3 Å². The van der Waals surface area contributed by atoms with Gasteiger partial charge in [0.15, 0.2) is 5.69 Å². The minimum absolute atomic E-state index is 0.398. The van der Waals surface area contributed by atoms with Crippen LogP contribution in [0.3, 0.4) is 0 Å². The lowest BCUT2D eigenvalue weighted by Crippen LogP contribution is -2.18. The third-order valence-corrected chi connectivity index (χ3v) is 4.73. The summed E-state index contributed by atoms with van der Waals surface area (Å²) in [6.45, 7) is 0.960. The zero-order valence-corrected chi connectivity index (χ0v) is 11.3. The standard InChI is InChI=1S/C16H16N4/c17-9-14-15(12-3-1-2-4-13(12)19-20-14)18-10-16(7-8-16)11-5-6-11/h1-4,11H,5-8,10H2,(H,18,19). The number of aromatic nitrogens is 2. The second-order valence-electron chi connectivity index (χ2n) is 6.04. The number of hydrogen-bond acceptors (Lipinski definition) is 4. The lowest BCUT2D eigenvalue weighted by Gasteiger charge is -2.17. The van der Waals surface area contributed by atoms with Gasteiger partial charge in [-0.2, -0.15) is 5.26 Å². The van der Waals surface area contributed by atoms with Gasteiger partial charge in [0.2, 0.25) is 0 Å². The Hall–Kier alpha value is -2.15. The molecule has 2 aliphatic carbocycles. The highest BCUT2D eigenvalue weighted by molar-refractivity contribution is 5.92. The molecule has 1 N–H and O–H groups in total. The summed E-state index contributed by atoms with van der Waals surface area (Å²) in [7, 11) is 0. The molecule has 2 aromatic rings. The first-order valence-corrected chi connectivity index (χ1v) is 7.22.